The minimum atomic E-state index is -0.191. The second-order valence-corrected chi connectivity index (χ2v) is 4.57. The van der Waals surface area contributed by atoms with Gasteiger partial charge in [0.2, 0.25) is 0 Å². The number of fused-ring (bicyclic) bond motifs is 1. The molecule has 3 aromatic rings. The van der Waals surface area contributed by atoms with Gasteiger partial charge in [-0.05, 0) is 36.4 Å². The number of carbonyl (C=O) groups excluding carboxylic acids is 1. The molecule has 3 rings (SSSR count). The van der Waals surface area contributed by atoms with E-state index in [2.05, 4.69) is 15.3 Å². The Morgan fingerprint density at radius 1 is 1.10 bits per heavy atom. The fourth-order valence-corrected chi connectivity index (χ4v) is 2.14. The number of aromatic nitrogens is 2. The van der Waals surface area contributed by atoms with E-state index in [1.807, 2.05) is 30.3 Å². The van der Waals surface area contributed by atoms with E-state index in [1.54, 1.807) is 24.5 Å². The molecule has 104 valence electrons. The Bertz CT molecular complexity index is 796. The van der Waals surface area contributed by atoms with Crippen LogP contribution in [0.15, 0.2) is 54.9 Å². The number of nitrogens with zero attached hydrogens (tertiary/aromatic N) is 2. The van der Waals surface area contributed by atoms with Gasteiger partial charge in [-0.25, -0.2) is 0 Å². The average Bonchev–Trinajstić information content (AvgIpc) is 2.55. The first-order valence-electron chi connectivity index (χ1n) is 6.58. The predicted octanol–water partition coefficient (Wildman–Crippen LogP) is 2.34. The van der Waals surface area contributed by atoms with Crippen LogP contribution in [0.4, 0.5) is 5.69 Å². The lowest BCUT2D eigenvalue weighted by molar-refractivity contribution is 0.102. The average molecular weight is 278 g/mol. The molecule has 2 aromatic heterocycles. The molecule has 0 aliphatic rings. The summed E-state index contributed by atoms with van der Waals surface area (Å²) in [7, 11) is 0. The Morgan fingerprint density at radius 2 is 2.00 bits per heavy atom. The van der Waals surface area contributed by atoms with Crippen LogP contribution in [0.5, 0.6) is 0 Å². The van der Waals surface area contributed by atoms with Crippen molar-refractivity contribution < 1.29 is 4.79 Å². The van der Waals surface area contributed by atoms with Crippen molar-refractivity contribution in [2.24, 2.45) is 5.73 Å². The van der Waals surface area contributed by atoms with Crippen LogP contribution in [0.3, 0.4) is 0 Å². The molecule has 3 N–H and O–H groups in total. The largest absolute Gasteiger partial charge is 0.325 e. The summed E-state index contributed by atoms with van der Waals surface area (Å²) in [6, 6.07) is 12.8. The van der Waals surface area contributed by atoms with Gasteiger partial charge in [-0.15, -0.1) is 0 Å². The fraction of sp³-hybridized carbons (Fsp3) is 0.0625. The van der Waals surface area contributed by atoms with E-state index >= 15 is 0 Å². The third-order valence-electron chi connectivity index (χ3n) is 3.18. The topological polar surface area (TPSA) is 80.9 Å². The van der Waals surface area contributed by atoms with Crippen molar-refractivity contribution in [3.63, 3.8) is 0 Å². The second kappa shape index (κ2) is 5.68. The van der Waals surface area contributed by atoms with Gasteiger partial charge < -0.3 is 11.1 Å². The Balaban J connectivity index is 1.93. The van der Waals surface area contributed by atoms with Crippen molar-refractivity contribution in [3.05, 3.63) is 66.1 Å². The molecule has 5 heteroatoms. The Kier molecular flexibility index (Phi) is 3.57. The molecule has 0 aliphatic carbocycles. The molecule has 5 nitrogen and oxygen atoms in total. The Labute approximate surface area is 121 Å². The molecule has 0 unspecified atom stereocenters. The van der Waals surface area contributed by atoms with Crippen LogP contribution >= 0.6 is 0 Å². The number of hydrogen-bond donors (Lipinski definition) is 2. The highest BCUT2D eigenvalue weighted by Gasteiger charge is 2.09. The Hall–Kier alpha value is -2.79. The van der Waals surface area contributed by atoms with E-state index in [0.717, 1.165) is 16.6 Å². The number of benzene rings is 1. The third-order valence-corrected chi connectivity index (χ3v) is 3.18. The standard InChI is InChI=1S/C16H14N4O/c17-10-12-9-11(6-8-18-12)16(21)20-15-5-1-4-14-13(15)3-2-7-19-14/h1-9H,10,17H2,(H,20,21). The highest BCUT2D eigenvalue weighted by atomic mass is 16.1. The monoisotopic (exact) mass is 278 g/mol. The molecule has 1 amide bonds. The molecular weight excluding hydrogens is 264 g/mol. The summed E-state index contributed by atoms with van der Waals surface area (Å²) in [5, 5.41) is 3.81. The molecule has 0 saturated carbocycles. The van der Waals surface area contributed by atoms with Crippen LogP contribution < -0.4 is 11.1 Å². The molecule has 1 aromatic carbocycles. The van der Waals surface area contributed by atoms with Gasteiger partial charge in [0.15, 0.2) is 0 Å². The number of pyridine rings is 2. The highest BCUT2D eigenvalue weighted by molar-refractivity contribution is 6.08. The van der Waals surface area contributed by atoms with E-state index in [4.69, 9.17) is 5.73 Å². The summed E-state index contributed by atoms with van der Waals surface area (Å²) in [6.45, 7) is 0.305. The van der Waals surface area contributed by atoms with Gasteiger partial charge in [-0.2, -0.15) is 0 Å². The van der Waals surface area contributed by atoms with Gasteiger partial charge in [0.05, 0.1) is 16.9 Å². The summed E-state index contributed by atoms with van der Waals surface area (Å²) < 4.78 is 0. The number of anilines is 1. The fourth-order valence-electron chi connectivity index (χ4n) is 2.14. The maximum Gasteiger partial charge on any atom is 0.255 e. The van der Waals surface area contributed by atoms with Crippen LogP contribution in [0.1, 0.15) is 16.1 Å². The lowest BCUT2D eigenvalue weighted by Crippen LogP contribution is -2.13. The van der Waals surface area contributed by atoms with E-state index in [-0.39, 0.29) is 5.91 Å². The van der Waals surface area contributed by atoms with Crippen molar-refractivity contribution in [3.8, 4) is 0 Å². The van der Waals surface area contributed by atoms with Gasteiger partial charge >= 0.3 is 0 Å². The number of nitrogens with two attached hydrogens (primary N) is 1. The number of carbonyl (C=O) groups is 1. The lowest BCUT2D eigenvalue weighted by atomic mass is 10.1. The minimum Gasteiger partial charge on any atom is -0.325 e. The number of amides is 1. The number of hydrogen-bond acceptors (Lipinski definition) is 4. The van der Waals surface area contributed by atoms with Crippen LogP contribution in [0.2, 0.25) is 0 Å². The van der Waals surface area contributed by atoms with Gasteiger partial charge in [-0.3, -0.25) is 14.8 Å². The molecule has 0 spiro atoms. The van der Waals surface area contributed by atoms with E-state index in [0.29, 0.717) is 17.8 Å². The van der Waals surface area contributed by atoms with E-state index in [1.165, 1.54) is 0 Å². The molecule has 0 radical (unpaired) electrons. The molecule has 0 bridgehead atoms. The summed E-state index contributed by atoms with van der Waals surface area (Å²) in [4.78, 5) is 20.7. The van der Waals surface area contributed by atoms with Crippen molar-refractivity contribution >= 4 is 22.5 Å². The van der Waals surface area contributed by atoms with Gasteiger partial charge in [-0.1, -0.05) is 6.07 Å². The zero-order valence-corrected chi connectivity index (χ0v) is 11.3. The zero-order chi connectivity index (χ0) is 14.7. The van der Waals surface area contributed by atoms with Crippen molar-refractivity contribution in [1.29, 1.82) is 0 Å². The summed E-state index contributed by atoms with van der Waals surface area (Å²) in [6.07, 6.45) is 3.31. The maximum atomic E-state index is 12.3. The quantitative estimate of drug-likeness (QED) is 0.770. The lowest BCUT2D eigenvalue weighted by Gasteiger charge is -2.08. The summed E-state index contributed by atoms with van der Waals surface area (Å²) >= 11 is 0. The minimum absolute atomic E-state index is 0.191. The van der Waals surface area contributed by atoms with Crippen molar-refractivity contribution in [1.82, 2.24) is 9.97 Å². The molecule has 0 atom stereocenters. The summed E-state index contributed by atoms with van der Waals surface area (Å²) in [5.41, 5.74) is 8.33. The SMILES string of the molecule is NCc1cc(C(=O)Nc2cccc3ncccc23)ccn1. The molecular formula is C16H14N4O. The number of rotatable bonds is 3. The summed E-state index contributed by atoms with van der Waals surface area (Å²) in [5.74, 6) is -0.191. The first-order chi connectivity index (χ1) is 10.3. The van der Waals surface area contributed by atoms with E-state index < -0.39 is 0 Å². The van der Waals surface area contributed by atoms with Crippen molar-refractivity contribution in [2.45, 2.75) is 6.54 Å². The smallest absolute Gasteiger partial charge is 0.255 e. The van der Waals surface area contributed by atoms with Gasteiger partial charge in [0, 0.05) is 29.9 Å². The molecule has 21 heavy (non-hydrogen) atoms. The van der Waals surface area contributed by atoms with Crippen molar-refractivity contribution in [2.75, 3.05) is 5.32 Å². The number of nitrogens with one attached hydrogen (secondary N) is 1. The normalized spacial score (nSPS) is 10.5. The molecule has 0 fully saturated rings. The molecule has 0 aliphatic heterocycles. The van der Waals surface area contributed by atoms with Gasteiger partial charge in [0.25, 0.3) is 5.91 Å². The van der Waals surface area contributed by atoms with Crippen LogP contribution in [-0.2, 0) is 6.54 Å². The maximum absolute atomic E-state index is 12.3. The first-order valence-corrected chi connectivity index (χ1v) is 6.58. The second-order valence-electron chi connectivity index (χ2n) is 4.57. The highest BCUT2D eigenvalue weighted by Crippen LogP contribution is 2.21. The van der Waals surface area contributed by atoms with Crippen LogP contribution in [0.25, 0.3) is 10.9 Å². The first kappa shape index (κ1) is 13.2. The van der Waals surface area contributed by atoms with Gasteiger partial charge in [0.1, 0.15) is 0 Å². The van der Waals surface area contributed by atoms with E-state index in [9.17, 15) is 4.79 Å². The zero-order valence-electron chi connectivity index (χ0n) is 11.3. The predicted molar refractivity (Wildman–Crippen MR) is 81.8 cm³/mol. The Morgan fingerprint density at radius 3 is 2.86 bits per heavy atom. The van der Waals surface area contributed by atoms with Crippen LogP contribution in [-0.4, -0.2) is 15.9 Å². The van der Waals surface area contributed by atoms with Crippen LogP contribution in [0, 0.1) is 0 Å². The molecule has 0 saturated heterocycles. The molecule has 2 heterocycles. The third kappa shape index (κ3) is 2.73.